The summed E-state index contributed by atoms with van der Waals surface area (Å²) in [6.45, 7) is 5.56. The van der Waals surface area contributed by atoms with Gasteiger partial charge in [0.2, 0.25) is 22.1 Å². The number of carbonyl (C=O) groups excluding carboxylic acids is 2. The number of hydrogen-bond acceptors (Lipinski definition) is 6. The molecule has 2 aliphatic heterocycles. The highest BCUT2D eigenvalue weighted by Crippen LogP contribution is 2.34. The molecule has 3 heterocycles. The standard InChI is InChI=1S/C19H23N5O2S/c1-12-7-8-14(11-13(12)2)20-17(26)15-5-3-9-23(15)18-21-22-19(27-18)24-10-4-6-16(24)25/h7-8,11,15H,3-6,9-10H2,1-2H3,(H,20,26). The van der Waals surface area contributed by atoms with Gasteiger partial charge in [0.05, 0.1) is 0 Å². The van der Waals surface area contributed by atoms with Gasteiger partial charge in [0.1, 0.15) is 6.04 Å². The molecule has 1 N–H and O–H groups in total. The predicted octanol–water partition coefficient (Wildman–Crippen LogP) is 2.89. The minimum Gasteiger partial charge on any atom is -0.335 e. The third kappa shape index (κ3) is 3.53. The van der Waals surface area contributed by atoms with E-state index in [1.807, 2.05) is 30.0 Å². The highest BCUT2D eigenvalue weighted by molar-refractivity contribution is 7.19. The summed E-state index contributed by atoms with van der Waals surface area (Å²) in [7, 11) is 0. The Morgan fingerprint density at radius 1 is 1.15 bits per heavy atom. The molecule has 0 spiro atoms. The van der Waals surface area contributed by atoms with E-state index in [1.165, 1.54) is 16.9 Å². The second-order valence-electron chi connectivity index (χ2n) is 7.16. The summed E-state index contributed by atoms with van der Waals surface area (Å²) < 4.78 is 0. The van der Waals surface area contributed by atoms with Crippen LogP contribution in [0.15, 0.2) is 18.2 Å². The Kier molecular flexibility index (Phi) is 4.82. The molecular formula is C19H23N5O2S. The molecule has 142 valence electrons. The molecule has 1 aromatic carbocycles. The molecule has 0 radical (unpaired) electrons. The van der Waals surface area contributed by atoms with Crippen LogP contribution in [-0.2, 0) is 9.59 Å². The van der Waals surface area contributed by atoms with Gasteiger partial charge in [-0.1, -0.05) is 17.4 Å². The topological polar surface area (TPSA) is 78.4 Å². The number of amides is 2. The van der Waals surface area contributed by atoms with Crippen molar-refractivity contribution in [3.8, 4) is 0 Å². The van der Waals surface area contributed by atoms with Crippen LogP contribution in [0.1, 0.15) is 36.8 Å². The third-order valence-electron chi connectivity index (χ3n) is 5.28. The molecule has 8 heteroatoms. The van der Waals surface area contributed by atoms with Gasteiger partial charge in [-0.15, -0.1) is 10.2 Å². The molecule has 1 aromatic heterocycles. The van der Waals surface area contributed by atoms with E-state index in [1.54, 1.807) is 4.90 Å². The van der Waals surface area contributed by atoms with Gasteiger partial charge in [-0.25, -0.2) is 0 Å². The molecule has 4 rings (SSSR count). The number of benzene rings is 1. The molecule has 2 saturated heterocycles. The highest BCUT2D eigenvalue weighted by atomic mass is 32.1. The lowest BCUT2D eigenvalue weighted by atomic mass is 10.1. The number of carbonyl (C=O) groups is 2. The SMILES string of the molecule is Cc1ccc(NC(=O)C2CCCN2c2nnc(N3CCCC3=O)s2)cc1C. The van der Waals surface area contributed by atoms with Gasteiger partial charge in [-0.2, -0.15) is 0 Å². The average Bonchev–Trinajstić information content (AvgIpc) is 3.37. The summed E-state index contributed by atoms with van der Waals surface area (Å²) in [4.78, 5) is 28.5. The fraction of sp³-hybridized carbons (Fsp3) is 0.474. The number of rotatable bonds is 4. The van der Waals surface area contributed by atoms with Gasteiger partial charge >= 0.3 is 0 Å². The first-order valence-electron chi connectivity index (χ1n) is 9.31. The van der Waals surface area contributed by atoms with Gasteiger partial charge in [-0.3, -0.25) is 14.5 Å². The van der Waals surface area contributed by atoms with Crippen molar-refractivity contribution in [2.75, 3.05) is 28.2 Å². The molecule has 0 bridgehead atoms. The molecule has 27 heavy (non-hydrogen) atoms. The maximum absolute atomic E-state index is 12.8. The van der Waals surface area contributed by atoms with E-state index in [0.717, 1.165) is 37.1 Å². The van der Waals surface area contributed by atoms with Crippen molar-refractivity contribution >= 4 is 39.1 Å². The van der Waals surface area contributed by atoms with Crippen molar-refractivity contribution in [3.63, 3.8) is 0 Å². The Balaban J connectivity index is 1.48. The number of hydrogen-bond donors (Lipinski definition) is 1. The maximum atomic E-state index is 12.8. The molecular weight excluding hydrogens is 362 g/mol. The van der Waals surface area contributed by atoms with Gasteiger partial charge in [0.15, 0.2) is 0 Å². The van der Waals surface area contributed by atoms with E-state index in [0.29, 0.717) is 23.2 Å². The van der Waals surface area contributed by atoms with Crippen molar-refractivity contribution in [3.05, 3.63) is 29.3 Å². The minimum absolute atomic E-state index is 0.0234. The second-order valence-corrected chi connectivity index (χ2v) is 8.09. The lowest BCUT2D eigenvalue weighted by Crippen LogP contribution is -2.39. The summed E-state index contributed by atoms with van der Waals surface area (Å²) in [6.07, 6.45) is 3.15. The Morgan fingerprint density at radius 2 is 1.96 bits per heavy atom. The fourth-order valence-electron chi connectivity index (χ4n) is 3.60. The molecule has 0 aliphatic carbocycles. The van der Waals surface area contributed by atoms with E-state index in [4.69, 9.17) is 0 Å². The van der Waals surface area contributed by atoms with Crippen LogP contribution in [0.4, 0.5) is 16.0 Å². The lowest BCUT2D eigenvalue weighted by Gasteiger charge is -2.22. The first-order chi connectivity index (χ1) is 13.0. The number of aromatic nitrogens is 2. The van der Waals surface area contributed by atoms with Gasteiger partial charge < -0.3 is 10.2 Å². The largest absolute Gasteiger partial charge is 0.335 e. The van der Waals surface area contributed by atoms with Crippen molar-refractivity contribution in [2.45, 2.75) is 45.6 Å². The van der Waals surface area contributed by atoms with Crippen molar-refractivity contribution in [1.82, 2.24) is 10.2 Å². The number of nitrogens with one attached hydrogen (secondary N) is 1. The summed E-state index contributed by atoms with van der Waals surface area (Å²) in [5, 5.41) is 12.8. The Labute approximate surface area is 162 Å². The highest BCUT2D eigenvalue weighted by Gasteiger charge is 2.34. The van der Waals surface area contributed by atoms with Crippen molar-refractivity contribution in [1.29, 1.82) is 0 Å². The monoisotopic (exact) mass is 385 g/mol. The van der Waals surface area contributed by atoms with Crippen LogP contribution >= 0.6 is 11.3 Å². The first-order valence-corrected chi connectivity index (χ1v) is 10.1. The van der Waals surface area contributed by atoms with Crippen LogP contribution < -0.4 is 15.1 Å². The quantitative estimate of drug-likeness (QED) is 0.876. The van der Waals surface area contributed by atoms with Crippen molar-refractivity contribution < 1.29 is 9.59 Å². The van der Waals surface area contributed by atoms with E-state index < -0.39 is 0 Å². The van der Waals surface area contributed by atoms with E-state index in [2.05, 4.69) is 22.4 Å². The maximum Gasteiger partial charge on any atom is 0.247 e. The molecule has 1 unspecified atom stereocenters. The summed E-state index contributed by atoms with van der Waals surface area (Å²) >= 11 is 1.39. The van der Waals surface area contributed by atoms with E-state index in [9.17, 15) is 9.59 Å². The number of nitrogens with zero attached hydrogens (tertiary/aromatic N) is 4. The number of anilines is 3. The summed E-state index contributed by atoms with van der Waals surface area (Å²) in [6, 6.07) is 5.68. The van der Waals surface area contributed by atoms with E-state index >= 15 is 0 Å². The van der Waals surface area contributed by atoms with Crippen LogP contribution in [0.3, 0.4) is 0 Å². The zero-order valence-corrected chi connectivity index (χ0v) is 16.4. The first kappa shape index (κ1) is 17.9. The normalized spacial score (nSPS) is 19.8. The molecule has 7 nitrogen and oxygen atoms in total. The predicted molar refractivity (Wildman–Crippen MR) is 106 cm³/mol. The van der Waals surface area contributed by atoms with Gasteiger partial charge in [0.25, 0.3) is 0 Å². The van der Waals surface area contributed by atoms with Crippen LogP contribution in [-0.4, -0.2) is 41.1 Å². The zero-order valence-electron chi connectivity index (χ0n) is 15.6. The molecule has 2 aromatic rings. The summed E-state index contributed by atoms with van der Waals surface area (Å²) in [5.41, 5.74) is 3.17. The molecule has 2 fully saturated rings. The van der Waals surface area contributed by atoms with Gasteiger partial charge in [-0.05, 0) is 56.4 Å². The number of aryl methyl sites for hydroxylation is 2. The molecule has 0 saturated carbocycles. The Morgan fingerprint density at radius 3 is 2.70 bits per heavy atom. The summed E-state index contributed by atoms with van der Waals surface area (Å²) in [5.74, 6) is 0.0768. The lowest BCUT2D eigenvalue weighted by molar-refractivity contribution is -0.117. The van der Waals surface area contributed by atoms with Crippen molar-refractivity contribution in [2.24, 2.45) is 0 Å². The van der Waals surface area contributed by atoms with E-state index in [-0.39, 0.29) is 17.9 Å². The van der Waals surface area contributed by atoms with Gasteiger partial charge in [0, 0.05) is 25.2 Å². The van der Waals surface area contributed by atoms with Crippen LogP contribution in [0.2, 0.25) is 0 Å². The van der Waals surface area contributed by atoms with Crippen LogP contribution in [0.25, 0.3) is 0 Å². The third-order valence-corrected chi connectivity index (χ3v) is 6.27. The average molecular weight is 385 g/mol. The fourth-order valence-corrected chi connectivity index (χ4v) is 4.56. The molecule has 2 amide bonds. The Hall–Kier alpha value is -2.48. The zero-order chi connectivity index (χ0) is 19.0. The Bertz CT molecular complexity index is 881. The van der Waals surface area contributed by atoms with Crippen LogP contribution in [0.5, 0.6) is 0 Å². The smallest absolute Gasteiger partial charge is 0.247 e. The van der Waals surface area contributed by atoms with Crippen LogP contribution in [0, 0.1) is 13.8 Å². The molecule has 1 atom stereocenters. The minimum atomic E-state index is -0.262. The second kappa shape index (κ2) is 7.26. The molecule has 2 aliphatic rings.